The maximum atomic E-state index is 13.2. The molecule has 2 aliphatic rings. The molecule has 2 heterocycles. The van der Waals surface area contributed by atoms with Gasteiger partial charge in [-0.1, -0.05) is 66.7 Å². The largest absolute Gasteiger partial charge is 0.507 e. The van der Waals surface area contributed by atoms with Crippen LogP contribution in [0.2, 0.25) is 0 Å². The molecule has 0 bridgehead atoms. The second-order valence-electron chi connectivity index (χ2n) is 8.67. The number of hydrogen-bond acceptors (Lipinski definition) is 7. The highest BCUT2D eigenvalue weighted by Crippen LogP contribution is 2.49. The number of carbonyl (C=O) groups excluding carboxylic acids is 2. The minimum atomic E-state index is -1.31. The number of hydrogen-bond donors (Lipinski definition) is 3. The first-order valence-electron chi connectivity index (χ1n) is 11.4. The summed E-state index contributed by atoms with van der Waals surface area (Å²) in [7, 11) is 0. The number of fused-ring (bicyclic) bond motifs is 1. The Balaban J connectivity index is 1.59. The second-order valence-corrected chi connectivity index (χ2v) is 8.67. The van der Waals surface area contributed by atoms with Crippen molar-refractivity contribution in [3.63, 3.8) is 0 Å². The van der Waals surface area contributed by atoms with Crippen molar-refractivity contribution in [2.24, 2.45) is 0 Å². The zero-order chi connectivity index (χ0) is 24.5. The number of aliphatic hydroxyl groups is 1. The van der Waals surface area contributed by atoms with Gasteiger partial charge in [-0.05, 0) is 11.1 Å². The maximum Gasteiger partial charge on any atom is 0.330 e. The first-order chi connectivity index (χ1) is 16.9. The van der Waals surface area contributed by atoms with Crippen molar-refractivity contribution in [1.29, 1.82) is 0 Å². The van der Waals surface area contributed by atoms with Gasteiger partial charge in [-0.3, -0.25) is 4.79 Å². The third kappa shape index (κ3) is 4.26. The van der Waals surface area contributed by atoms with Crippen LogP contribution in [0, 0.1) is 0 Å². The summed E-state index contributed by atoms with van der Waals surface area (Å²) in [5, 5.41) is 33.6. The summed E-state index contributed by atoms with van der Waals surface area (Å²) in [5.74, 6) is -2.63. The second kappa shape index (κ2) is 9.27. The molecule has 0 unspecified atom stereocenters. The van der Waals surface area contributed by atoms with Gasteiger partial charge < -0.3 is 24.8 Å². The maximum absolute atomic E-state index is 13.2. The van der Waals surface area contributed by atoms with E-state index in [1.807, 2.05) is 30.3 Å². The van der Waals surface area contributed by atoms with E-state index in [0.29, 0.717) is 5.56 Å². The Kier molecular flexibility index (Phi) is 6.01. The average Bonchev–Trinajstić information content (AvgIpc) is 2.86. The summed E-state index contributed by atoms with van der Waals surface area (Å²) in [6, 6.07) is 19.3. The van der Waals surface area contributed by atoms with Crippen molar-refractivity contribution >= 4 is 11.8 Å². The molecular formula is C28H24O7. The molecular weight excluding hydrogens is 448 g/mol. The highest BCUT2D eigenvalue weighted by Gasteiger charge is 2.40. The fraction of sp³-hybridized carbons (Fsp3) is 0.214. The molecule has 0 amide bonds. The van der Waals surface area contributed by atoms with Crippen LogP contribution in [0.25, 0.3) is 0 Å². The van der Waals surface area contributed by atoms with Crippen LogP contribution in [0.5, 0.6) is 17.2 Å². The number of aromatic hydroxyl groups is 2. The number of ketones is 1. The van der Waals surface area contributed by atoms with E-state index in [2.05, 4.69) is 0 Å². The van der Waals surface area contributed by atoms with Gasteiger partial charge in [0, 0.05) is 30.0 Å². The molecule has 0 saturated heterocycles. The number of phenolic OH excluding ortho intramolecular Hbond substituents is 2. The summed E-state index contributed by atoms with van der Waals surface area (Å²) in [4.78, 5) is 25.0. The van der Waals surface area contributed by atoms with E-state index < -0.39 is 35.9 Å². The number of rotatable bonds is 5. The van der Waals surface area contributed by atoms with Crippen molar-refractivity contribution in [3.8, 4) is 17.2 Å². The highest BCUT2D eigenvalue weighted by molar-refractivity contribution is 6.03. The molecule has 0 spiro atoms. The molecule has 35 heavy (non-hydrogen) atoms. The van der Waals surface area contributed by atoms with Crippen LogP contribution >= 0.6 is 0 Å². The third-order valence-electron chi connectivity index (χ3n) is 6.45. The zero-order valence-corrected chi connectivity index (χ0v) is 18.7. The Morgan fingerprint density at radius 2 is 1.60 bits per heavy atom. The fourth-order valence-electron chi connectivity index (χ4n) is 4.79. The number of phenols is 2. The first kappa shape index (κ1) is 22.7. The smallest absolute Gasteiger partial charge is 0.330 e. The normalized spacial score (nSPS) is 20.9. The molecule has 7 nitrogen and oxygen atoms in total. The van der Waals surface area contributed by atoms with E-state index >= 15 is 0 Å². The van der Waals surface area contributed by atoms with Crippen LogP contribution in [0.3, 0.4) is 0 Å². The third-order valence-corrected chi connectivity index (χ3v) is 6.45. The minimum absolute atomic E-state index is 0.0123. The van der Waals surface area contributed by atoms with Crippen LogP contribution < -0.4 is 4.74 Å². The van der Waals surface area contributed by atoms with Gasteiger partial charge in [-0.25, -0.2) is 4.79 Å². The van der Waals surface area contributed by atoms with Crippen molar-refractivity contribution in [1.82, 2.24) is 0 Å². The molecule has 4 atom stereocenters. The molecule has 3 aromatic rings. The van der Waals surface area contributed by atoms with Gasteiger partial charge in [0.05, 0.1) is 6.42 Å². The molecule has 0 fully saturated rings. The van der Waals surface area contributed by atoms with Gasteiger partial charge in [-0.2, -0.15) is 0 Å². The van der Waals surface area contributed by atoms with Gasteiger partial charge >= 0.3 is 5.97 Å². The predicted molar refractivity (Wildman–Crippen MR) is 126 cm³/mol. The molecule has 0 aromatic heterocycles. The van der Waals surface area contributed by atoms with E-state index in [9.17, 15) is 24.9 Å². The van der Waals surface area contributed by atoms with E-state index in [4.69, 9.17) is 9.47 Å². The fourth-order valence-corrected chi connectivity index (χ4v) is 4.79. The number of Topliss-reactive ketones (excluding diaryl/α,β-unsaturated/α-hetero) is 1. The summed E-state index contributed by atoms with van der Waals surface area (Å²) in [5.41, 5.74) is 1.31. The summed E-state index contributed by atoms with van der Waals surface area (Å²) >= 11 is 0. The lowest BCUT2D eigenvalue weighted by molar-refractivity contribution is -0.150. The number of cyclic esters (lactones) is 1. The quantitative estimate of drug-likeness (QED) is 0.478. The Bertz CT molecular complexity index is 1280. The number of benzene rings is 3. The minimum Gasteiger partial charge on any atom is -0.507 e. The molecule has 3 N–H and O–H groups in total. The van der Waals surface area contributed by atoms with Crippen LogP contribution in [-0.4, -0.2) is 39.3 Å². The van der Waals surface area contributed by atoms with Crippen LogP contribution in [0.1, 0.15) is 51.9 Å². The standard InChI is InChI=1S/C28H24O7/c29-18-14-21(16-8-3-1-4-9-16)34-22-15-19(30)26(28(33)25(18)22)24(17-10-5-2-6-11-17)27(32)20-12-7-13-23(31)35-20/h1-11,13,15,20-21,24,27,30,32-33H,12,14H2/t20-,21+,24-,27+/m1/s1. The SMILES string of the molecule is O=C1C=CC[C@H]([C@H](O)[C@H](c2ccccc2)c2c(O)cc3c(c2O)C(=O)C[C@@H](c2ccccc2)O3)O1. The Hall–Kier alpha value is -4.10. The lowest BCUT2D eigenvalue weighted by Gasteiger charge is -2.33. The van der Waals surface area contributed by atoms with E-state index in [1.54, 1.807) is 36.4 Å². The van der Waals surface area contributed by atoms with Gasteiger partial charge in [0.2, 0.25) is 0 Å². The number of aliphatic hydroxyl groups excluding tert-OH is 1. The molecule has 5 rings (SSSR count). The molecule has 0 aliphatic carbocycles. The van der Waals surface area contributed by atoms with Crippen molar-refractivity contribution in [3.05, 3.63) is 101 Å². The molecule has 0 saturated carbocycles. The predicted octanol–water partition coefficient (Wildman–Crippen LogP) is 4.17. The van der Waals surface area contributed by atoms with Gasteiger partial charge in [0.25, 0.3) is 0 Å². The Labute approximate surface area is 201 Å². The van der Waals surface area contributed by atoms with Gasteiger partial charge in [0.1, 0.15) is 41.1 Å². The number of esters is 1. The zero-order valence-electron chi connectivity index (χ0n) is 18.7. The van der Waals surface area contributed by atoms with Crippen LogP contribution in [0.4, 0.5) is 0 Å². The Morgan fingerprint density at radius 1 is 0.914 bits per heavy atom. The van der Waals surface area contributed by atoms with E-state index in [-0.39, 0.29) is 41.3 Å². The summed E-state index contributed by atoms with van der Waals surface area (Å²) < 4.78 is 11.3. The van der Waals surface area contributed by atoms with E-state index in [0.717, 1.165) is 5.56 Å². The van der Waals surface area contributed by atoms with Crippen molar-refractivity contribution in [2.45, 2.75) is 37.1 Å². The van der Waals surface area contributed by atoms with Crippen molar-refractivity contribution in [2.75, 3.05) is 0 Å². The number of ether oxygens (including phenoxy) is 2. The lowest BCUT2D eigenvalue weighted by Crippen LogP contribution is -2.37. The summed E-state index contributed by atoms with van der Waals surface area (Å²) in [6.45, 7) is 0. The van der Waals surface area contributed by atoms with Gasteiger partial charge in [0.15, 0.2) is 5.78 Å². The van der Waals surface area contributed by atoms with Crippen LogP contribution in [0.15, 0.2) is 78.9 Å². The highest BCUT2D eigenvalue weighted by atomic mass is 16.6. The molecule has 2 aliphatic heterocycles. The molecule has 3 aromatic carbocycles. The van der Waals surface area contributed by atoms with Gasteiger partial charge in [-0.15, -0.1) is 0 Å². The molecule has 178 valence electrons. The lowest BCUT2D eigenvalue weighted by atomic mass is 9.80. The first-order valence-corrected chi connectivity index (χ1v) is 11.4. The topological polar surface area (TPSA) is 113 Å². The van der Waals surface area contributed by atoms with Crippen LogP contribution in [-0.2, 0) is 9.53 Å². The number of carbonyl (C=O) groups is 2. The Morgan fingerprint density at radius 3 is 2.29 bits per heavy atom. The van der Waals surface area contributed by atoms with Crippen molar-refractivity contribution < 1.29 is 34.4 Å². The molecule has 0 radical (unpaired) electrons. The monoisotopic (exact) mass is 472 g/mol. The summed E-state index contributed by atoms with van der Waals surface area (Å²) in [6.07, 6.45) is 0.412. The molecule has 7 heteroatoms. The average molecular weight is 472 g/mol. The van der Waals surface area contributed by atoms with E-state index in [1.165, 1.54) is 12.1 Å².